The van der Waals surface area contributed by atoms with Crippen molar-refractivity contribution in [1.82, 2.24) is 24.9 Å². The van der Waals surface area contributed by atoms with Crippen LogP contribution in [0.1, 0.15) is 0 Å². The average molecular weight is 956 g/mol. The molecule has 0 bridgehead atoms. The van der Waals surface area contributed by atoms with Gasteiger partial charge in [-0.3, -0.25) is 0 Å². The van der Waals surface area contributed by atoms with Crippen molar-refractivity contribution in [3.8, 4) is 79.2 Å². The molecule has 0 fully saturated rings. The van der Waals surface area contributed by atoms with E-state index in [0.717, 1.165) is 121 Å². The quantitative estimate of drug-likeness (QED) is 0.148. The number of aromatic nitrogens is 5. The van der Waals surface area contributed by atoms with Crippen LogP contribution in [0, 0.1) is 0 Å². The molecule has 0 unspecified atom stereocenters. The van der Waals surface area contributed by atoms with Crippen LogP contribution in [0.4, 0.5) is 0 Å². The molecule has 0 N–H and O–H groups in total. The molecule has 0 spiro atoms. The highest BCUT2D eigenvalue weighted by molar-refractivity contribution is 6.36. The normalized spacial score (nSPS) is 11.7. The summed E-state index contributed by atoms with van der Waals surface area (Å²) in [6.45, 7) is 0. The molecule has 0 saturated carbocycles. The minimum Gasteiger partial charge on any atom is -0.455 e. The number of hydrogen-bond acceptors (Lipinski definition) is 6. The molecule has 12 aromatic carbocycles. The van der Waals surface area contributed by atoms with E-state index >= 15 is 0 Å². The zero-order valence-electron chi connectivity index (χ0n) is 40.3. The lowest BCUT2D eigenvalue weighted by Gasteiger charge is -2.16. The predicted molar refractivity (Wildman–Crippen MR) is 308 cm³/mol. The van der Waals surface area contributed by atoms with Crippen molar-refractivity contribution in [2.45, 2.75) is 0 Å². The molecule has 15 aromatic rings. The Hall–Kier alpha value is -10.2. The number of benzene rings is 12. The number of hydrogen-bond donors (Lipinski definition) is 0. The molecule has 348 valence electrons. The van der Waals surface area contributed by atoms with Crippen molar-refractivity contribution in [2.75, 3.05) is 0 Å². The molecular formula is C69H41N5O. The summed E-state index contributed by atoms with van der Waals surface area (Å²) in [5.41, 5.74) is 10.7. The zero-order chi connectivity index (χ0) is 49.4. The largest absolute Gasteiger partial charge is 0.455 e. The van der Waals surface area contributed by atoms with Crippen LogP contribution in [-0.4, -0.2) is 24.9 Å². The minimum absolute atomic E-state index is 0.539. The van der Waals surface area contributed by atoms with E-state index in [0.29, 0.717) is 28.9 Å². The third-order valence-electron chi connectivity index (χ3n) is 14.7. The smallest absolute Gasteiger partial charge is 0.165 e. The van der Waals surface area contributed by atoms with Crippen LogP contribution in [0.25, 0.3) is 155 Å². The van der Waals surface area contributed by atoms with Crippen molar-refractivity contribution in [1.29, 1.82) is 0 Å². The lowest BCUT2D eigenvalue weighted by molar-refractivity contribution is 0.673. The number of furan rings is 1. The Balaban J connectivity index is 1.11. The van der Waals surface area contributed by atoms with Gasteiger partial charge in [0, 0.05) is 49.5 Å². The van der Waals surface area contributed by atoms with E-state index in [-0.39, 0.29) is 0 Å². The molecular weight excluding hydrogens is 915 g/mol. The molecule has 0 aliphatic heterocycles. The molecule has 0 aliphatic rings. The average Bonchev–Trinajstić information content (AvgIpc) is 3.88. The van der Waals surface area contributed by atoms with Crippen LogP contribution in [0.15, 0.2) is 253 Å². The maximum absolute atomic E-state index is 7.51. The number of fused-ring (bicyclic) bond motifs is 12. The summed E-state index contributed by atoms with van der Waals surface area (Å²) in [6, 6.07) is 86.9. The van der Waals surface area contributed by atoms with Crippen molar-refractivity contribution in [2.24, 2.45) is 0 Å². The van der Waals surface area contributed by atoms with Gasteiger partial charge in [-0.25, -0.2) is 24.9 Å². The first-order valence-corrected chi connectivity index (χ1v) is 25.2. The molecule has 0 amide bonds. The third kappa shape index (κ3) is 7.14. The molecule has 75 heavy (non-hydrogen) atoms. The zero-order valence-corrected chi connectivity index (χ0v) is 40.3. The fraction of sp³-hybridized carbons (Fsp3) is 0. The maximum Gasteiger partial charge on any atom is 0.165 e. The van der Waals surface area contributed by atoms with Gasteiger partial charge in [0.25, 0.3) is 0 Å². The Labute approximate surface area is 430 Å². The topological polar surface area (TPSA) is 77.6 Å². The summed E-state index contributed by atoms with van der Waals surface area (Å²) < 4.78 is 7.51. The highest BCUT2D eigenvalue weighted by atomic mass is 16.3. The van der Waals surface area contributed by atoms with Gasteiger partial charge in [-0.15, -0.1) is 0 Å². The lowest BCUT2D eigenvalue weighted by atomic mass is 9.89. The molecule has 6 nitrogen and oxygen atoms in total. The lowest BCUT2D eigenvalue weighted by Crippen LogP contribution is -2.01. The summed E-state index contributed by atoms with van der Waals surface area (Å²) in [4.78, 5) is 27.1. The predicted octanol–water partition coefficient (Wildman–Crippen LogP) is 18.0. The first-order valence-electron chi connectivity index (χ1n) is 25.2. The summed E-state index contributed by atoms with van der Waals surface area (Å²) in [7, 11) is 0. The SMILES string of the molecule is c1ccc(-c2cccc(-c3cc(-c4cc5c6ccccc6c6ccccc6c5c5oc6cc7ccccc7c(-c7nc(-c8ccccc8)nc(-c8ccc9ccccc9c8)n7)c6c45)nc(-c4ccccc4)n3)c2)cc1. The highest BCUT2D eigenvalue weighted by Crippen LogP contribution is 2.50. The first-order chi connectivity index (χ1) is 37.2. The van der Waals surface area contributed by atoms with Gasteiger partial charge >= 0.3 is 0 Å². The van der Waals surface area contributed by atoms with Crippen molar-refractivity contribution in [3.63, 3.8) is 0 Å². The number of nitrogens with zero attached hydrogens (tertiary/aromatic N) is 5. The first kappa shape index (κ1) is 42.5. The van der Waals surface area contributed by atoms with Crippen molar-refractivity contribution < 1.29 is 4.42 Å². The molecule has 6 heteroatoms. The summed E-state index contributed by atoms with van der Waals surface area (Å²) in [5.74, 6) is 2.31. The Kier molecular flexibility index (Phi) is 9.78. The Morgan fingerprint density at radius 3 is 1.49 bits per heavy atom. The number of rotatable bonds is 7. The van der Waals surface area contributed by atoms with Crippen molar-refractivity contribution >= 4 is 75.8 Å². The van der Waals surface area contributed by atoms with Crippen LogP contribution in [0.5, 0.6) is 0 Å². The maximum atomic E-state index is 7.51. The van der Waals surface area contributed by atoms with Gasteiger partial charge in [0.05, 0.1) is 11.4 Å². The van der Waals surface area contributed by atoms with Crippen LogP contribution in [0.2, 0.25) is 0 Å². The van der Waals surface area contributed by atoms with Crippen LogP contribution in [-0.2, 0) is 0 Å². The molecule has 0 aliphatic carbocycles. The van der Waals surface area contributed by atoms with Gasteiger partial charge < -0.3 is 4.42 Å². The van der Waals surface area contributed by atoms with E-state index in [1.165, 1.54) is 5.39 Å². The summed E-state index contributed by atoms with van der Waals surface area (Å²) in [6.07, 6.45) is 0. The van der Waals surface area contributed by atoms with Crippen molar-refractivity contribution in [3.05, 3.63) is 249 Å². The minimum atomic E-state index is 0.539. The van der Waals surface area contributed by atoms with Crippen LogP contribution in [0.3, 0.4) is 0 Å². The standard InChI is InChI=1S/C69H41N5O/c1-4-19-42(20-5-1)47-28-18-29-49(37-47)58-41-59(71-66(70-58)44-22-6-2-7-23-44)57-40-56-54-33-15-14-31-52(54)53-32-16-17-34-55(53)61(56)65-62(57)64-60(75-65)39-48-27-12-13-30-51(48)63(64)69-73-67(45-24-8-3-9-25-45)72-68(74-69)50-36-35-43-21-10-11-26-46(43)38-50/h1-41H. The Bertz CT molecular complexity index is 4760. The van der Waals surface area contributed by atoms with E-state index in [1.807, 2.05) is 42.5 Å². The highest BCUT2D eigenvalue weighted by Gasteiger charge is 2.27. The van der Waals surface area contributed by atoms with E-state index in [9.17, 15) is 0 Å². The van der Waals surface area contributed by atoms with Gasteiger partial charge in [0.2, 0.25) is 0 Å². The Morgan fingerprint density at radius 2 is 0.773 bits per heavy atom. The summed E-state index contributed by atoms with van der Waals surface area (Å²) in [5, 5.41) is 12.7. The van der Waals surface area contributed by atoms with E-state index in [4.69, 9.17) is 29.3 Å². The van der Waals surface area contributed by atoms with Gasteiger partial charge in [0.1, 0.15) is 11.2 Å². The van der Waals surface area contributed by atoms with E-state index < -0.39 is 0 Å². The fourth-order valence-electron chi connectivity index (χ4n) is 11.2. The van der Waals surface area contributed by atoms with E-state index in [1.54, 1.807) is 0 Å². The Morgan fingerprint density at radius 1 is 0.253 bits per heavy atom. The molecule has 3 aromatic heterocycles. The fourth-order valence-corrected chi connectivity index (χ4v) is 11.2. The third-order valence-corrected chi connectivity index (χ3v) is 14.7. The molecule has 3 heterocycles. The van der Waals surface area contributed by atoms with Crippen LogP contribution >= 0.6 is 0 Å². The monoisotopic (exact) mass is 955 g/mol. The van der Waals surface area contributed by atoms with Gasteiger partial charge in [0.15, 0.2) is 23.3 Å². The second kappa shape index (κ2) is 17.3. The van der Waals surface area contributed by atoms with E-state index in [2.05, 4.69) is 206 Å². The van der Waals surface area contributed by atoms with Gasteiger partial charge in [-0.05, 0) is 89.9 Å². The van der Waals surface area contributed by atoms with Crippen LogP contribution < -0.4 is 0 Å². The molecule has 0 radical (unpaired) electrons. The molecule has 15 rings (SSSR count). The second-order valence-electron chi connectivity index (χ2n) is 19.1. The van der Waals surface area contributed by atoms with Gasteiger partial charge in [-0.1, -0.05) is 218 Å². The molecule has 0 atom stereocenters. The molecule has 0 saturated heterocycles. The van der Waals surface area contributed by atoms with Gasteiger partial charge in [-0.2, -0.15) is 0 Å². The summed E-state index contributed by atoms with van der Waals surface area (Å²) >= 11 is 0. The second-order valence-corrected chi connectivity index (χ2v) is 19.1.